The van der Waals surface area contributed by atoms with Crippen molar-refractivity contribution in [2.45, 2.75) is 0 Å². The van der Waals surface area contributed by atoms with Gasteiger partial charge in [0.2, 0.25) is 0 Å². The molecule has 1 aliphatic heterocycles. The van der Waals surface area contributed by atoms with Crippen molar-refractivity contribution in [1.82, 2.24) is 9.88 Å². The minimum Gasteiger partial charge on any atom is -0.497 e. The Morgan fingerprint density at radius 1 is 1.07 bits per heavy atom. The van der Waals surface area contributed by atoms with Gasteiger partial charge in [-0.2, -0.15) is 5.26 Å². The molecule has 0 aliphatic carbocycles. The minimum atomic E-state index is -0.00877. The molecule has 1 saturated heterocycles. The molecule has 140 valence electrons. The Morgan fingerprint density at radius 2 is 1.86 bits per heavy atom. The van der Waals surface area contributed by atoms with E-state index in [1.165, 1.54) is 0 Å². The van der Waals surface area contributed by atoms with Crippen molar-refractivity contribution in [1.29, 1.82) is 5.26 Å². The number of nitriles is 1. The molecular weight excluding hydrogens is 352 g/mol. The number of carbonyl (C=O) groups excluding carboxylic acids is 1. The van der Waals surface area contributed by atoms with Crippen LogP contribution in [0.1, 0.15) is 15.9 Å². The van der Waals surface area contributed by atoms with Gasteiger partial charge in [-0.15, -0.1) is 0 Å². The second kappa shape index (κ2) is 7.57. The van der Waals surface area contributed by atoms with Crippen LogP contribution in [0.25, 0.3) is 10.9 Å². The largest absolute Gasteiger partial charge is 0.497 e. The molecule has 1 fully saturated rings. The number of pyridine rings is 1. The molecule has 0 radical (unpaired) electrons. The third kappa shape index (κ3) is 3.35. The molecule has 0 saturated carbocycles. The molecule has 3 aromatic rings. The van der Waals surface area contributed by atoms with Crippen molar-refractivity contribution in [3.63, 3.8) is 0 Å². The number of piperazine rings is 1. The summed E-state index contributed by atoms with van der Waals surface area (Å²) >= 11 is 0. The summed E-state index contributed by atoms with van der Waals surface area (Å²) < 4.78 is 5.21. The summed E-state index contributed by atoms with van der Waals surface area (Å²) in [7, 11) is 1.59. The molecule has 1 aromatic heterocycles. The third-order valence-electron chi connectivity index (χ3n) is 5.01. The Morgan fingerprint density at radius 3 is 2.61 bits per heavy atom. The highest BCUT2D eigenvalue weighted by atomic mass is 16.5. The molecule has 6 nitrogen and oxygen atoms in total. The van der Waals surface area contributed by atoms with Crippen LogP contribution >= 0.6 is 0 Å². The van der Waals surface area contributed by atoms with Crippen molar-refractivity contribution >= 4 is 22.6 Å². The number of nitrogens with zero attached hydrogens (tertiary/aromatic N) is 4. The summed E-state index contributed by atoms with van der Waals surface area (Å²) in [5, 5.41) is 10.5. The lowest BCUT2D eigenvalue weighted by molar-refractivity contribution is 0.0746. The highest BCUT2D eigenvalue weighted by Crippen LogP contribution is 2.24. The Balaban J connectivity index is 1.52. The van der Waals surface area contributed by atoms with Gasteiger partial charge in [0.1, 0.15) is 17.6 Å². The number of hydrogen-bond donors (Lipinski definition) is 0. The molecule has 0 atom stereocenters. The number of aromatic nitrogens is 1. The van der Waals surface area contributed by atoms with Gasteiger partial charge in [0.05, 0.1) is 18.2 Å². The number of fused-ring (bicyclic) bond motifs is 1. The predicted molar refractivity (Wildman–Crippen MR) is 108 cm³/mol. The van der Waals surface area contributed by atoms with Crippen LogP contribution in [0.4, 0.5) is 5.82 Å². The third-order valence-corrected chi connectivity index (χ3v) is 5.01. The van der Waals surface area contributed by atoms with Gasteiger partial charge in [-0.05, 0) is 30.3 Å². The van der Waals surface area contributed by atoms with Crippen LogP contribution in [0.15, 0.2) is 54.6 Å². The van der Waals surface area contributed by atoms with E-state index in [1.54, 1.807) is 19.2 Å². The summed E-state index contributed by atoms with van der Waals surface area (Å²) in [5.41, 5.74) is 2.05. The second-order valence-electron chi connectivity index (χ2n) is 6.68. The molecule has 0 unspecified atom stereocenters. The van der Waals surface area contributed by atoms with Crippen LogP contribution in [0.5, 0.6) is 5.75 Å². The van der Waals surface area contributed by atoms with E-state index in [9.17, 15) is 10.1 Å². The van der Waals surface area contributed by atoms with Crippen LogP contribution < -0.4 is 9.64 Å². The smallest absolute Gasteiger partial charge is 0.254 e. The quantitative estimate of drug-likeness (QED) is 0.707. The van der Waals surface area contributed by atoms with Gasteiger partial charge in [-0.1, -0.05) is 24.3 Å². The van der Waals surface area contributed by atoms with Crippen LogP contribution in [0.3, 0.4) is 0 Å². The van der Waals surface area contributed by atoms with Crippen LogP contribution in [0, 0.1) is 11.3 Å². The van der Waals surface area contributed by atoms with Gasteiger partial charge in [-0.25, -0.2) is 4.98 Å². The summed E-state index contributed by atoms with van der Waals surface area (Å²) in [6, 6.07) is 19.1. The van der Waals surface area contributed by atoms with Crippen LogP contribution in [-0.4, -0.2) is 49.1 Å². The number of carbonyl (C=O) groups is 1. The van der Waals surface area contributed by atoms with Crippen LogP contribution in [0.2, 0.25) is 0 Å². The molecule has 1 aliphatic rings. The zero-order valence-corrected chi connectivity index (χ0v) is 15.6. The first kappa shape index (κ1) is 17.8. The molecule has 28 heavy (non-hydrogen) atoms. The molecule has 1 amide bonds. The molecule has 2 heterocycles. The van der Waals surface area contributed by atoms with E-state index < -0.39 is 0 Å². The second-order valence-corrected chi connectivity index (χ2v) is 6.68. The topological polar surface area (TPSA) is 69.5 Å². The average Bonchev–Trinajstić information content (AvgIpc) is 2.77. The van der Waals surface area contributed by atoms with Gasteiger partial charge >= 0.3 is 0 Å². The average molecular weight is 372 g/mol. The molecular formula is C22H20N4O2. The summed E-state index contributed by atoms with van der Waals surface area (Å²) in [4.78, 5) is 21.4. The van der Waals surface area contributed by atoms with E-state index in [0.29, 0.717) is 48.9 Å². The standard InChI is InChI=1S/C22H20N4O2/c1-28-19-7-4-6-17(14-19)22(27)26-11-9-25(10-12-26)21-18(15-23)13-16-5-2-3-8-20(16)24-21/h2-8,13-14H,9-12H2,1H3. The zero-order valence-electron chi connectivity index (χ0n) is 15.6. The molecule has 0 bridgehead atoms. The number of benzene rings is 2. The fourth-order valence-electron chi connectivity index (χ4n) is 3.49. The molecule has 6 heteroatoms. The van der Waals surface area contributed by atoms with Gasteiger partial charge in [0.15, 0.2) is 0 Å². The van der Waals surface area contributed by atoms with Crippen molar-refractivity contribution in [2.75, 3.05) is 38.2 Å². The number of hydrogen-bond acceptors (Lipinski definition) is 5. The van der Waals surface area contributed by atoms with Crippen molar-refractivity contribution < 1.29 is 9.53 Å². The van der Waals surface area contributed by atoms with E-state index in [2.05, 4.69) is 11.0 Å². The number of methoxy groups -OCH3 is 1. The number of ether oxygens (including phenoxy) is 1. The van der Waals surface area contributed by atoms with E-state index >= 15 is 0 Å². The van der Waals surface area contributed by atoms with E-state index in [-0.39, 0.29) is 5.91 Å². The Kier molecular flexibility index (Phi) is 4.81. The first-order chi connectivity index (χ1) is 13.7. The number of amides is 1. The van der Waals surface area contributed by atoms with Gasteiger partial charge in [0, 0.05) is 37.1 Å². The molecule has 2 aromatic carbocycles. The Bertz CT molecular complexity index is 1070. The monoisotopic (exact) mass is 372 g/mol. The Hall–Kier alpha value is -3.59. The van der Waals surface area contributed by atoms with Gasteiger partial charge < -0.3 is 14.5 Å². The maximum absolute atomic E-state index is 12.8. The fourth-order valence-corrected chi connectivity index (χ4v) is 3.49. The van der Waals surface area contributed by atoms with E-state index in [1.807, 2.05) is 47.4 Å². The number of rotatable bonds is 3. The SMILES string of the molecule is COc1cccc(C(=O)N2CCN(c3nc4ccccc4cc3C#N)CC2)c1. The maximum atomic E-state index is 12.8. The minimum absolute atomic E-state index is 0.00877. The highest BCUT2D eigenvalue weighted by Gasteiger charge is 2.24. The predicted octanol–water partition coefficient (Wildman–Crippen LogP) is 3.08. The molecule has 0 spiro atoms. The van der Waals surface area contributed by atoms with Crippen LogP contribution in [-0.2, 0) is 0 Å². The fraction of sp³-hybridized carbons (Fsp3) is 0.227. The zero-order chi connectivity index (χ0) is 19.5. The molecule has 0 N–H and O–H groups in total. The van der Waals surface area contributed by atoms with E-state index in [4.69, 9.17) is 9.72 Å². The number of para-hydroxylation sites is 1. The first-order valence-corrected chi connectivity index (χ1v) is 9.18. The van der Waals surface area contributed by atoms with Crippen molar-refractivity contribution in [2.24, 2.45) is 0 Å². The van der Waals surface area contributed by atoms with Crippen molar-refractivity contribution in [3.05, 3.63) is 65.7 Å². The highest BCUT2D eigenvalue weighted by molar-refractivity contribution is 5.94. The van der Waals surface area contributed by atoms with Gasteiger partial charge in [0.25, 0.3) is 5.91 Å². The number of anilines is 1. The first-order valence-electron chi connectivity index (χ1n) is 9.18. The lowest BCUT2D eigenvalue weighted by Crippen LogP contribution is -2.49. The van der Waals surface area contributed by atoms with Gasteiger partial charge in [-0.3, -0.25) is 4.79 Å². The Labute approximate surface area is 163 Å². The molecule has 4 rings (SSSR count). The summed E-state index contributed by atoms with van der Waals surface area (Å²) in [6.45, 7) is 2.43. The normalized spacial score (nSPS) is 14.0. The summed E-state index contributed by atoms with van der Waals surface area (Å²) in [6.07, 6.45) is 0. The van der Waals surface area contributed by atoms with E-state index in [0.717, 1.165) is 10.9 Å². The summed E-state index contributed by atoms with van der Waals surface area (Å²) in [5.74, 6) is 1.35. The van der Waals surface area contributed by atoms with Crippen molar-refractivity contribution in [3.8, 4) is 11.8 Å². The maximum Gasteiger partial charge on any atom is 0.254 e. The lowest BCUT2D eigenvalue weighted by Gasteiger charge is -2.36. The lowest BCUT2D eigenvalue weighted by atomic mass is 10.1.